The lowest BCUT2D eigenvalue weighted by molar-refractivity contribution is -0.139. The van der Waals surface area contributed by atoms with Gasteiger partial charge in [0.15, 0.2) is 0 Å². The van der Waals surface area contributed by atoms with Gasteiger partial charge in [0.2, 0.25) is 5.91 Å². The smallest absolute Gasteiger partial charge is 0.222 e. The predicted octanol–water partition coefficient (Wildman–Crippen LogP) is 3.65. The van der Waals surface area contributed by atoms with Crippen molar-refractivity contribution in [2.45, 2.75) is 51.5 Å². The first-order chi connectivity index (χ1) is 12.7. The molecule has 0 bridgehead atoms. The van der Waals surface area contributed by atoms with Crippen molar-refractivity contribution in [2.24, 2.45) is 17.1 Å². The maximum atomic E-state index is 12.3. The highest BCUT2D eigenvalue weighted by Gasteiger charge is 2.42. The van der Waals surface area contributed by atoms with E-state index < -0.39 is 0 Å². The minimum Gasteiger partial charge on any atom is -0.342 e. The zero-order valence-corrected chi connectivity index (χ0v) is 18.4. The summed E-state index contributed by atoms with van der Waals surface area (Å²) >= 11 is 0. The van der Waals surface area contributed by atoms with Gasteiger partial charge in [0, 0.05) is 26.1 Å². The molecule has 1 aliphatic carbocycles. The highest BCUT2D eigenvalue weighted by atomic mass is 35.5. The summed E-state index contributed by atoms with van der Waals surface area (Å²) in [5.74, 6) is 1.21. The number of likely N-dealkylation sites (tertiary alicyclic amines) is 2. The average molecular weight is 428 g/mol. The molecule has 0 unspecified atom stereocenters. The van der Waals surface area contributed by atoms with Crippen LogP contribution in [-0.4, -0.2) is 48.4 Å². The third-order valence-corrected chi connectivity index (χ3v) is 6.70. The standard InChI is InChI=1S/C22H33N3O.2ClH/c23-12-8-18-1-3-19(4-2-18)15-24-13-10-22(11-14-24)9-7-21(26)25(17-22)16-20-5-6-20;;/h1-4,20H,5-17,23H2;2*1H. The maximum Gasteiger partial charge on any atom is 0.222 e. The van der Waals surface area contributed by atoms with Crippen molar-refractivity contribution in [3.05, 3.63) is 35.4 Å². The van der Waals surface area contributed by atoms with Gasteiger partial charge in [-0.2, -0.15) is 0 Å². The third-order valence-electron chi connectivity index (χ3n) is 6.70. The average Bonchev–Trinajstić information content (AvgIpc) is 3.47. The van der Waals surface area contributed by atoms with Gasteiger partial charge >= 0.3 is 0 Å². The highest BCUT2D eigenvalue weighted by molar-refractivity contribution is 5.85. The minimum absolute atomic E-state index is 0. The van der Waals surface area contributed by atoms with Crippen LogP contribution in [0.2, 0.25) is 0 Å². The molecule has 1 spiro atoms. The van der Waals surface area contributed by atoms with Crippen LogP contribution < -0.4 is 5.73 Å². The molecule has 4 nitrogen and oxygen atoms in total. The number of carbonyl (C=O) groups excluding carboxylic acids is 1. The normalized spacial score (nSPS) is 21.9. The zero-order chi connectivity index (χ0) is 18.0. The van der Waals surface area contributed by atoms with Crippen LogP contribution in [0.3, 0.4) is 0 Å². The Morgan fingerprint density at radius 2 is 1.64 bits per heavy atom. The van der Waals surface area contributed by atoms with Crippen LogP contribution in [0.25, 0.3) is 0 Å². The van der Waals surface area contributed by atoms with E-state index in [0.717, 1.165) is 57.9 Å². The van der Waals surface area contributed by atoms with Crippen molar-refractivity contribution in [3.8, 4) is 0 Å². The molecule has 1 amide bonds. The summed E-state index contributed by atoms with van der Waals surface area (Å²) in [5.41, 5.74) is 8.75. The van der Waals surface area contributed by atoms with Gasteiger partial charge in [-0.05, 0) is 80.6 Å². The molecular weight excluding hydrogens is 393 g/mol. The summed E-state index contributed by atoms with van der Waals surface area (Å²) in [7, 11) is 0. The van der Waals surface area contributed by atoms with Gasteiger partial charge in [-0.3, -0.25) is 9.69 Å². The highest BCUT2D eigenvalue weighted by Crippen LogP contribution is 2.42. The van der Waals surface area contributed by atoms with Crippen molar-refractivity contribution in [3.63, 3.8) is 0 Å². The monoisotopic (exact) mass is 427 g/mol. The molecule has 6 heteroatoms. The number of amides is 1. The summed E-state index contributed by atoms with van der Waals surface area (Å²) in [4.78, 5) is 17.1. The number of hydrogen-bond donors (Lipinski definition) is 1. The van der Waals surface area contributed by atoms with E-state index in [-0.39, 0.29) is 24.8 Å². The van der Waals surface area contributed by atoms with Crippen molar-refractivity contribution < 1.29 is 4.79 Å². The number of halogens is 2. The minimum atomic E-state index is 0. The van der Waals surface area contributed by atoms with Gasteiger partial charge in [-0.1, -0.05) is 24.3 Å². The summed E-state index contributed by atoms with van der Waals surface area (Å²) in [6.07, 6.45) is 7.98. The molecule has 2 heterocycles. The molecule has 3 fully saturated rings. The Kier molecular flexibility index (Phi) is 8.62. The quantitative estimate of drug-likeness (QED) is 0.753. The second-order valence-corrected chi connectivity index (χ2v) is 8.85. The molecule has 0 atom stereocenters. The van der Waals surface area contributed by atoms with Crippen LogP contribution in [0.5, 0.6) is 0 Å². The van der Waals surface area contributed by atoms with Crippen molar-refractivity contribution in [2.75, 3.05) is 32.7 Å². The predicted molar refractivity (Wildman–Crippen MR) is 119 cm³/mol. The molecule has 3 aliphatic rings. The van der Waals surface area contributed by atoms with E-state index in [1.165, 1.54) is 36.8 Å². The molecule has 0 radical (unpaired) electrons. The zero-order valence-electron chi connectivity index (χ0n) is 16.8. The van der Waals surface area contributed by atoms with Gasteiger partial charge in [0.25, 0.3) is 0 Å². The molecule has 2 saturated heterocycles. The van der Waals surface area contributed by atoms with E-state index in [1.54, 1.807) is 0 Å². The van der Waals surface area contributed by atoms with E-state index in [2.05, 4.69) is 34.1 Å². The fourth-order valence-electron chi connectivity index (χ4n) is 4.71. The topological polar surface area (TPSA) is 49.6 Å². The van der Waals surface area contributed by atoms with E-state index in [1.807, 2.05) is 0 Å². The molecule has 158 valence electrons. The molecule has 2 N–H and O–H groups in total. The van der Waals surface area contributed by atoms with Crippen LogP contribution in [0, 0.1) is 11.3 Å². The lowest BCUT2D eigenvalue weighted by atomic mass is 9.72. The maximum absolute atomic E-state index is 12.3. The van der Waals surface area contributed by atoms with Crippen LogP contribution in [0.1, 0.15) is 49.7 Å². The fraction of sp³-hybridized carbons (Fsp3) is 0.682. The van der Waals surface area contributed by atoms with E-state index >= 15 is 0 Å². The van der Waals surface area contributed by atoms with Crippen LogP contribution >= 0.6 is 24.8 Å². The van der Waals surface area contributed by atoms with E-state index in [0.29, 0.717) is 17.9 Å². The lowest BCUT2D eigenvalue weighted by Gasteiger charge is -2.47. The number of carbonyl (C=O) groups is 1. The Balaban J connectivity index is 0.00000140. The lowest BCUT2D eigenvalue weighted by Crippen LogP contribution is -2.51. The second-order valence-electron chi connectivity index (χ2n) is 8.85. The number of rotatable bonds is 6. The molecule has 1 aromatic carbocycles. The van der Waals surface area contributed by atoms with E-state index in [9.17, 15) is 4.79 Å². The SMILES string of the molecule is Cl.Cl.NCCc1ccc(CN2CCC3(CCC(=O)N(CC4CC4)C3)CC2)cc1. The Labute approximate surface area is 182 Å². The fourth-order valence-corrected chi connectivity index (χ4v) is 4.71. The Morgan fingerprint density at radius 3 is 2.25 bits per heavy atom. The second kappa shape index (κ2) is 10.3. The van der Waals surface area contributed by atoms with Gasteiger partial charge in [-0.25, -0.2) is 0 Å². The van der Waals surface area contributed by atoms with Crippen molar-refractivity contribution in [1.82, 2.24) is 9.80 Å². The van der Waals surface area contributed by atoms with Crippen molar-refractivity contribution >= 4 is 30.7 Å². The van der Waals surface area contributed by atoms with E-state index in [4.69, 9.17) is 5.73 Å². The Hall–Kier alpha value is -0.810. The molecule has 2 aliphatic heterocycles. The molecular formula is C22H35Cl2N3O. The Morgan fingerprint density at radius 1 is 1.00 bits per heavy atom. The molecule has 1 aromatic rings. The third kappa shape index (κ3) is 5.85. The van der Waals surface area contributed by atoms with Gasteiger partial charge in [0.1, 0.15) is 0 Å². The molecule has 1 saturated carbocycles. The number of piperidine rings is 2. The number of hydrogen-bond acceptors (Lipinski definition) is 3. The van der Waals surface area contributed by atoms with Crippen LogP contribution in [0.4, 0.5) is 0 Å². The van der Waals surface area contributed by atoms with Gasteiger partial charge in [0.05, 0.1) is 0 Å². The summed E-state index contributed by atoms with van der Waals surface area (Å²) in [6.45, 7) is 6.13. The molecule has 0 aromatic heterocycles. The van der Waals surface area contributed by atoms with Gasteiger partial charge in [-0.15, -0.1) is 24.8 Å². The van der Waals surface area contributed by atoms with Gasteiger partial charge < -0.3 is 10.6 Å². The first kappa shape index (κ1) is 23.5. The summed E-state index contributed by atoms with van der Waals surface area (Å²) < 4.78 is 0. The largest absolute Gasteiger partial charge is 0.342 e. The number of nitrogens with two attached hydrogens (primary N) is 1. The van der Waals surface area contributed by atoms with Crippen LogP contribution in [0.15, 0.2) is 24.3 Å². The molecule has 4 rings (SSSR count). The first-order valence-corrected chi connectivity index (χ1v) is 10.4. The van der Waals surface area contributed by atoms with Crippen LogP contribution in [-0.2, 0) is 17.8 Å². The first-order valence-electron chi connectivity index (χ1n) is 10.4. The summed E-state index contributed by atoms with van der Waals surface area (Å²) in [5, 5.41) is 0. The number of benzene rings is 1. The summed E-state index contributed by atoms with van der Waals surface area (Å²) in [6, 6.07) is 8.95. The number of nitrogens with zero attached hydrogens (tertiary/aromatic N) is 2. The molecule has 28 heavy (non-hydrogen) atoms. The Bertz CT molecular complexity index is 625. The van der Waals surface area contributed by atoms with Crippen molar-refractivity contribution in [1.29, 1.82) is 0 Å².